The van der Waals surface area contributed by atoms with E-state index in [2.05, 4.69) is 10.2 Å². The summed E-state index contributed by atoms with van der Waals surface area (Å²) in [6, 6.07) is 5.62. The average molecular weight is 435 g/mol. The van der Waals surface area contributed by atoms with Gasteiger partial charge in [-0.05, 0) is 58.2 Å². The molecule has 1 heterocycles. The Balaban J connectivity index is 1.86. The third kappa shape index (κ3) is 5.37. The van der Waals surface area contributed by atoms with Crippen LogP contribution in [0.5, 0.6) is 0 Å². The highest BCUT2D eigenvalue weighted by molar-refractivity contribution is 5.55. The number of aromatic nitrogens is 3. The van der Waals surface area contributed by atoms with Crippen LogP contribution < -0.4 is 4.90 Å². The molecule has 6 nitrogen and oxygen atoms in total. The predicted octanol–water partition coefficient (Wildman–Crippen LogP) is 4.49. The Labute approximate surface area is 180 Å². The number of anilines is 1. The molecule has 0 spiro atoms. The van der Waals surface area contributed by atoms with Gasteiger partial charge in [0, 0.05) is 24.2 Å². The van der Waals surface area contributed by atoms with Crippen LogP contribution in [0.1, 0.15) is 69.3 Å². The van der Waals surface area contributed by atoms with E-state index in [1.54, 1.807) is 32.3 Å². The van der Waals surface area contributed by atoms with Crippen LogP contribution in [0, 0.1) is 11.3 Å². The molecular weight excluding hydrogens is 407 g/mol. The maximum absolute atomic E-state index is 13.4. The van der Waals surface area contributed by atoms with Gasteiger partial charge in [0.15, 0.2) is 0 Å². The predicted molar refractivity (Wildman–Crippen MR) is 110 cm³/mol. The summed E-state index contributed by atoms with van der Waals surface area (Å²) >= 11 is 0. The quantitative estimate of drug-likeness (QED) is 0.723. The number of hydrogen-bond donors (Lipinski definition) is 1. The third-order valence-corrected chi connectivity index (χ3v) is 5.76. The molecule has 9 heteroatoms. The molecule has 0 aliphatic heterocycles. The van der Waals surface area contributed by atoms with Crippen molar-refractivity contribution in [1.29, 1.82) is 5.26 Å². The summed E-state index contributed by atoms with van der Waals surface area (Å²) < 4.78 is 42.2. The van der Waals surface area contributed by atoms with E-state index in [0.29, 0.717) is 18.8 Å². The van der Waals surface area contributed by atoms with Gasteiger partial charge in [0.05, 0.1) is 29.3 Å². The number of halogens is 3. The fourth-order valence-electron chi connectivity index (χ4n) is 4.49. The number of rotatable bonds is 6. The van der Waals surface area contributed by atoms with Crippen molar-refractivity contribution in [2.24, 2.45) is 0 Å². The second-order valence-corrected chi connectivity index (χ2v) is 8.77. The molecular formula is C22H28F3N5O. The smallest absolute Gasteiger partial charge is 0.389 e. The fraction of sp³-hybridized carbons (Fsp3) is 0.591. The van der Waals surface area contributed by atoms with Crippen LogP contribution in [0.3, 0.4) is 0 Å². The molecule has 168 valence electrons. The highest BCUT2D eigenvalue weighted by Gasteiger charge is 2.35. The van der Waals surface area contributed by atoms with E-state index in [1.807, 2.05) is 16.4 Å². The molecule has 1 aromatic carbocycles. The molecule has 2 aromatic rings. The van der Waals surface area contributed by atoms with Gasteiger partial charge in [0.2, 0.25) is 0 Å². The number of hydrogen-bond acceptors (Lipinski definition) is 5. The summed E-state index contributed by atoms with van der Waals surface area (Å²) in [6.07, 6.45) is 0.474. The highest BCUT2D eigenvalue weighted by atomic mass is 19.4. The lowest BCUT2D eigenvalue weighted by molar-refractivity contribution is -0.137. The van der Waals surface area contributed by atoms with E-state index in [4.69, 9.17) is 5.26 Å². The molecule has 0 bridgehead atoms. The Morgan fingerprint density at radius 1 is 1.29 bits per heavy atom. The van der Waals surface area contributed by atoms with Crippen molar-refractivity contribution in [2.45, 2.75) is 76.7 Å². The summed E-state index contributed by atoms with van der Waals surface area (Å²) in [5.74, 6) is 0.914. The van der Waals surface area contributed by atoms with Gasteiger partial charge in [-0.25, -0.2) is 0 Å². The molecule has 31 heavy (non-hydrogen) atoms. The normalized spacial score (nSPS) is 19.8. The summed E-state index contributed by atoms with van der Waals surface area (Å²) in [7, 11) is 0. The molecule has 1 aliphatic carbocycles. The lowest BCUT2D eigenvalue weighted by atomic mass is 9.84. The van der Waals surface area contributed by atoms with Crippen molar-refractivity contribution in [2.75, 3.05) is 11.4 Å². The molecule has 1 aromatic heterocycles. The fourth-order valence-corrected chi connectivity index (χ4v) is 4.49. The molecule has 1 N–H and O–H groups in total. The van der Waals surface area contributed by atoms with E-state index in [0.717, 1.165) is 37.6 Å². The van der Waals surface area contributed by atoms with Crippen molar-refractivity contribution in [3.8, 4) is 6.07 Å². The summed E-state index contributed by atoms with van der Waals surface area (Å²) in [4.78, 5) is 1.99. The lowest BCUT2D eigenvalue weighted by Gasteiger charge is -2.38. The zero-order valence-electron chi connectivity index (χ0n) is 18.0. The topological polar surface area (TPSA) is 78.0 Å². The third-order valence-electron chi connectivity index (χ3n) is 5.76. The Hall–Kier alpha value is -2.60. The number of benzene rings is 1. The number of nitriles is 1. The largest absolute Gasteiger partial charge is 0.417 e. The van der Waals surface area contributed by atoms with Crippen LogP contribution >= 0.6 is 0 Å². The first-order chi connectivity index (χ1) is 14.5. The summed E-state index contributed by atoms with van der Waals surface area (Å²) in [6.45, 7) is 6.30. The van der Waals surface area contributed by atoms with Crippen LogP contribution in [0.25, 0.3) is 0 Å². The summed E-state index contributed by atoms with van der Waals surface area (Å²) in [5, 5.41) is 27.5. The first-order valence-electron chi connectivity index (χ1n) is 10.5. The highest BCUT2D eigenvalue weighted by Crippen LogP contribution is 2.38. The maximum Gasteiger partial charge on any atom is 0.417 e. The number of aliphatic hydroxyl groups is 1. The number of alkyl halides is 3. The minimum atomic E-state index is -4.58. The van der Waals surface area contributed by atoms with E-state index < -0.39 is 17.3 Å². The monoisotopic (exact) mass is 435 g/mol. The van der Waals surface area contributed by atoms with Gasteiger partial charge in [-0.1, -0.05) is 6.42 Å². The maximum atomic E-state index is 13.4. The van der Waals surface area contributed by atoms with Crippen molar-refractivity contribution in [3.63, 3.8) is 0 Å². The Morgan fingerprint density at radius 2 is 2.03 bits per heavy atom. The van der Waals surface area contributed by atoms with E-state index in [9.17, 15) is 18.3 Å². The van der Waals surface area contributed by atoms with Gasteiger partial charge in [-0.15, -0.1) is 10.2 Å². The first kappa shape index (κ1) is 23.1. The lowest BCUT2D eigenvalue weighted by Crippen LogP contribution is -2.39. The van der Waals surface area contributed by atoms with E-state index >= 15 is 0 Å². The molecule has 3 rings (SSSR count). The molecule has 1 aliphatic rings. The zero-order chi connectivity index (χ0) is 22.8. The SMILES string of the molecule is CCN(c1ccc(C#N)c(C(F)(F)F)c1)C1CCCC(c2nncn2CC(C)(C)O)C1. The minimum Gasteiger partial charge on any atom is -0.389 e. The van der Waals surface area contributed by atoms with Crippen molar-refractivity contribution >= 4 is 5.69 Å². The molecule has 2 atom stereocenters. The Bertz CT molecular complexity index is 942. The second-order valence-electron chi connectivity index (χ2n) is 8.77. The van der Waals surface area contributed by atoms with Gasteiger partial charge in [0.25, 0.3) is 0 Å². The Morgan fingerprint density at radius 3 is 2.65 bits per heavy atom. The van der Waals surface area contributed by atoms with Crippen LogP contribution in [-0.4, -0.2) is 38.1 Å². The van der Waals surface area contributed by atoms with Gasteiger partial charge in [-0.2, -0.15) is 18.4 Å². The summed E-state index contributed by atoms with van der Waals surface area (Å²) in [5.41, 5.74) is -1.70. The van der Waals surface area contributed by atoms with Gasteiger partial charge >= 0.3 is 6.18 Å². The van der Waals surface area contributed by atoms with E-state index in [1.165, 1.54) is 6.07 Å². The molecule has 1 fully saturated rings. The van der Waals surface area contributed by atoms with Crippen LogP contribution in [0.2, 0.25) is 0 Å². The van der Waals surface area contributed by atoms with Crippen LogP contribution in [-0.2, 0) is 12.7 Å². The van der Waals surface area contributed by atoms with E-state index in [-0.39, 0.29) is 17.5 Å². The molecule has 1 saturated carbocycles. The van der Waals surface area contributed by atoms with Gasteiger partial charge in [-0.3, -0.25) is 0 Å². The second kappa shape index (κ2) is 8.87. The molecule has 2 unspecified atom stereocenters. The zero-order valence-corrected chi connectivity index (χ0v) is 18.0. The van der Waals surface area contributed by atoms with Crippen molar-refractivity contribution < 1.29 is 18.3 Å². The molecule has 0 saturated heterocycles. The Kier molecular flexibility index (Phi) is 6.60. The minimum absolute atomic E-state index is 0.0463. The standard InChI is InChI=1S/C22H28F3N5O/c1-4-30(18-9-8-16(12-26)19(11-18)22(23,24)25)17-7-5-6-15(10-17)20-28-27-14-29(20)13-21(2,3)31/h8-9,11,14-15,17,31H,4-7,10,13H2,1-3H3. The van der Waals surface area contributed by atoms with Crippen molar-refractivity contribution in [3.05, 3.63) is 41.5 Å². The number of nitrogens with zero attached hydrogens (tertiary/aromatic N) is 5. The first-order valence-corrected chi connectivity index (χ1v) is 10.5. The average Bonchev–Trinajstić information content (AvgIpc) is 3.14. The molecule has 0 radical (unpaired) electrons. The van der Waals surface area contributed by atoms with Crippen molar-refractivity contribution in [1.82, 2.24) is 14.8 Å². The van der Waals surface area contributed by atoms with Gasteiger partial charge in [0.1, 0.15) is 12.2 Å². The van der Waals surface area contributed by atoms with Crippen LogP contribution in [0.15, 0.2) is 24.5 Å². The van der Waals surface area contributed by atoms with Gasteiger partial charge < -0.3 is 14.6 Å². The van der Waals surface area contributed by atoms with Crippen LogP contribution in [0.4, 0.5) is 18.9 Å². The molecule has 0 amide bonds.